The van der Waals surface area contributed by atoms with Crippen molar-refractivity contribution in [1.29, 1.82) is 0 Å². The van der Waals surface area contributed by atoms with Gasteiger partial charge in [-0.25, -0.2) is 4.79 Å². The lowest BCUT2D eigenvalue weighted by atomic mass is 10.2. The van der Waals surface area contributed by atoms with Gasteiger partial charge < -0.3 is 10.6 Å². The summed E-state index contributed by atoms with van der Waals surface area (Å²) >= 11 is 0. The van der Waals surface area contributed by atoms with E-state index in [2.05, 4.69) is 26.1 Å². The van der Waals surface area contributed by atoms with Gasteiger partial charge in [0, 0.05) is 11.7 Å². The van der Waals surface area contributed by atoms with Gasteiger partial charge in [0.25, 0.3) is 0 Å². The maximum Gasteiger partial charge on any atom is 0.320 e. The molecule has 0 aliphatic rings. The molecule has 0 bridgehead atoms. The highest BCUT2D eigenvalue weighted by Gasteiger charge is 2.05. The average molecular weight is 285 g/mol. The summed E-state index contributed by atoms with van der Waals surface area (Å²) < 4.78 is 0. The van der Waals surface area contributed by atoms with Gasteiger partial charge in [-0.1, -0.05) is 12.1 Å². The zero-order valence-electron chi connectivity index (χ0n) is 12.3. The molecule has 0 saturated heterocycles. The molecule has 0 aliphatic carbocycles. The molecule has 0 radical (unpaired) electrons. The van der Waals surface area contributed by atoms with Gasteiger partial charge in [-0.2, -0.15) is 0 Å². The second-order valence-electron chi connectivity index (χ2n) is 5.05. The number of carbonyl (C=O) groups is 1. The van der Waals surface area contributed by atoms with Crippen LogP contribution in [0.3, 0.4) is 0 Å². The summed E-state index contributed by atoms with van der Waals surface area (Å²) in [5.74, 6) is 1.03. The van der Waals surface area contributed by atoms with Crippen LogP contribution in [0.15, 0.2) is 36.4 Å². The quantitative estimate of drug-likeness (QED) is 0.806. The van der Waals surface area contributed by atoms with Crippen LogP contribution in [-0.4, -0.2) is 22.3 Å². The van der Waals surface area contributed by atoms with E-state index < -0.39 is 0 Å². The second-order valence-corrected chi connectivity index (χ2v) is 5.05. The highest BCUT2D eigenvalue weighted by atomic mass is 16.2. The lowest BCUT2D eigenvalue weighted by molar-refractivity contribution is 0.250. The van der Waals surface area contributed by atoms with E-state index in [1.165, 1.54) is 0 Å². The fourth-order valence-corrected chi connectivity index (χ4v) is 1.75. The third kappa shape index (κ3) is 4.76. The van der Waals surface area contributed by atoms with Crippen molar-refractivity contribution in [1.82, 2.24) is 15.5 Å². The fraction of sp³-hybridized carbons (Fsp3) is 0.267. The van der Waals surface area contributed by atoms with Crippen molar-refractivity contribution < 1.29 is 4.79 Å². The zero-order valence-corrected chi connectivity index (χ0v) is 12.3. The highest BCUT2D eigenvalue weighted by Crippen LogP contribution is 2.15. The first-order valence-electron chi connectivity index (χ1n) is 6.78. The Morgan fingerprint density at radius 1 is 1.10 bits per heavy atom. The fourth-order valence-electron chi connectivity index (χ4n) is 1.75. The molecule has 1 heterocycles. The number of aryl methyl sites for hydroxylation is 1. The third-order valence-electron chi connectivity index (χ3n) is 2.62. The number of nitrogens with one attached hydrogen (secondary N) is 3. The predicted molar refractivity (Wildman–Crippen MR) is 83.8 cm³/mol. The summed E-state index contributed by atoms with van der Waals surface area (Å²) in [5, 5.41) is 16.5. The van der Waals surface area contributed by atoms with E-state index in [1.807, 2.05) is 45.0 Å². The van der Waals surface area contributed by atoms with Crippen LogP contribution in [0.5, 0.6) is 0 Å². The minimum atomic E-state index is -0.293. The third-order valence-corrected chi connectivity index (χ3v) is 2.62. The van der Waals surface area contributed by atoms with Crippen LogP contribution in [0.1, 0.15) is 19.4 Å². The van der Waals surface area contributed by atoms with E-state index in [4.69, 9.17) is 0 Å². The molecule has 21 heavy (non-hydrogen) atoms. The molecule has 0 aliphatic heterocycles. The molecular weight excluding hydrogens is 266 g/mol. The Bertz CT molecular complexity index is 610. The normalized spacial score (nSPS) is 10.3. The average Bonchev–Trinajstić information content (AvgIpc) is 2.40. The van der Waals surface area contributed by atoms with Crippen molar-refractivity contribution in [2.24, 2.45) is 0 Å². The maximum absolute atomic E-state index is 11.5. The number of hydrogen-bond acceptors (Lipinski definition) is 4. The highest BCUT2D eigenvalue weighted by molar-refractivity contribution is 5.88. The van der Waals surface area contributed by atoms with Gasteiger partial charge in [0.05, 0.1) is 0 Å². The Hall–Kier alpha value is -2.63. The van der Waals surface area contributed by atoms with Crippen LogP contribution >= 0.6 is 0 Å². The molecule has 6 nitrogen and oxygen atoms in total. The van der Waals surface area contributed by atoms with Crippen LogP contribution < -0.4 is 16.0 Å². The topological polar surface area (TPSA) is 78.9 Å². The van der Waals surface area contributed by atoms with Crippen LogP contribution in [0.2, 0.25) is 0 Å². The number of nitrogens with zero attached hydrogens (tertiary/aromatic N) is 2. The number of amides is 2. The molecule has 1 aromatic heterocycles. The van der Waals surface area contributed by atoms with Gasteiger partial charge in [-0.15, -0.1) is 10.2 Å². The number of anilines is 3. The minimum absolute atomic E-state index is 0.0696. The first kappa shape index (κ1) is 14.8. The maximum atomic E-state index is 11.5. The SMILES string of the molecule is Cc1cccc(Nc2ccc(NC(=O)NC(C)C)nn2)c1. The predicted octanol–water partition coefficient (Wildman–Crippen LogP) is 3.06. The Balaban J connectivity index is 1.97. The summed E-state index contributed by atoms with van der Waals surface area (Å²) in [6, 6.07) is 11.2. The molecule has 0 saturated carbocycles. The van der Waals surface area contributed by atoms with Crippen LogP contribution in [0, 0.1) is 6.92 Å². The van der Waals surface area contributed by atoms with Gasteiger partial charge in [-0.3, -0.25) is 5.32 Å². The van der Waals surface area contributed by atoms with Crippen molar-refractivity contribution in [3.05, 3.63) is 42.0 Å². The lowest BCUT2D eigenvalue weighted by Crippen LogP contribution is -2.34. The van der Waals surface area contributed by atoms with E-state index >= 15 is 0 Å². The molecule has 6 heteroatoms. The Kier molecular flexibility index (Phi) is 4.71. The van der Waals surface area contributed by atoms with Gasteiger partial charge in [0.1, 0.15) is 0 Å². The first-order valence-corrected chi connectivity index (χ1v) is 6.78. The largest absolute Gasteiger partial charge is 0.339 e. The van der Waals surface area contributed by atoms with E-state index in [0.29, 0.717) is 11.6 Å². The number of rotatable bonds is 4. The van der Waals surface area contributed by atoms with Crippen LogP contribution in [0.25, 0.3) is 0 Å². The molecule has 2 rings (SSSR count). The number of benzene rings is 1. The molecule has 110 valence electrons. The molecule has 3 N–H and O–H groups in total. The van der Waals surface area contributed by atoms with E-state index in [-0.39, 0.29) is 12.1 Å². The first-order chi connectivity index (χ1) is 10.0. The van der Waals surface area contributed by atoms with Gasteiger partial charge in [-0.05, 0) is 50.6 Å². The number of hydrogen-bond donors (Lipinski definition) is 3. The Labute approximate surface area is 124 Å². The molecule has 0 fully saturated rings. The molecule has 1 aromatic carbocycles. The molecular formula is C15H19N5O. The van der Waals surface area contributed by atoms with Crippen molar-refractivity contribution in [3.8, 4) is 0 Å². The Morgan fingerprint density at radius 2 is 1.81 bits per heavy atom. The monoisotopic (exact) mass is 285 g/mol. The number of aromatic nitrogens is 2. The summed E-state index contributed by atoms with van der Waals surface area (Å²) in [5.41, 5.74) is 2.11. The summed E-state index contributed by atoms with van der Waals surface area (Å²) in [6.45, 7) is 5.80. The van der Waals surface area contributed by atoms with E-state index in [1.54, 1.807) is 12.1 Å². The number of urea groups is 1. The van der Waals surface area contributed by atoms with Crippen LogP contribution in [-0.2, 0) is 0 Å². The number of carbonyl (C=O) groups excluding carboxylic acids is 1. The van der Waals surface area contributed by atoms with Gasteiger partial charge >= 0.3 is 6.03 Å². The van der Waals surface area contributed by atoms with Crippen molar-refractivity contribution in [2.45, 2.75) is 26.8 Å². The second kappa shape index (κ2) is 6.69. The zero-order chi connectivity index (χ0) is 15.2. The molecule has 0 atom stereocenters. The molecule has 2 aromatic rings. The summed E-state index contributed by atoms with van der Waals surface area (Å²) in [7, 11) is 0. The standard InChI is InChI=1S/C15H19N5O/c1-10(2)16-15(21)18-14-8-7-13(19-20-14)17-12-6-4-5-11(3)9-12/h4-10H,1-3H3,(H,17,19)(H2,16,18,20,21). The smallest absolute Gasteiger partial charge is 0.320 e. The van der Waals surface area contributed by atoms with E-state index in [9.17, 15) is 4.79 Å². The molecule has 2 amide bonds. The van der Waals surface area contributed by atoms with Gasteiger partial charge in [0.15, 0.2) is 11.6 Å². The van der Waals surface area contributed by atoms with Gasteiger partial charge in [0.2, 0.25) is 0 Å². The van der Waals surface area contributed by atoms with E-state index in [0.717, 1.165) is 11.3 Å². The van der Waals surface area contributed by atoms with Crippen LogP contribution in [0.4, 0.5) is 22.1 Å². The summed E-state index contributed by atoms with van der Waals surface area (Å²) in [6.07, 6.45) is 0. The molecule has 0 spiro atoms. The summed E-state index contributed by atoms with van der Waals surface area (Å²) in [4.78, 5) is 11.5. The van der Waals surface area contributed by atoms with Crippen molar-refractivity contribution >= 4 is 23.4 Å². The minimum Gasteiger partial charge on any atom is -0.339 e. The lowest BCUT2D eigenvalue weighted by Gasteiger charge is -2.10. The Morgan fingerprint density at radius 3 is 2.43 bits per heavy atom. The van der Waals surface area contributed by atoms with Crippen molar-refractivity contribution in [2.75, 3.05) is 10.6 Å². The van der Waals surface area contributed by atoms with Crippen molar-refractivity contribution in [3.63, 3.8) is 0 Å². The molecule has 0 unspecified atom stereocenters.